The van der Waals surface area contributed by atoms with Gasteiger partial charge in [-0.1, -0.05) is 13.3 Å². The number of hydrogen-bond acceptors (Lipinski definition) is 4. The van der Waals surface area contributed by atoms with Crippen molar-refractivity contribution in [1.29, 1.82) is 5.26 Å². The first kappa shape index (κ1) is 15.7. The minimum Gasteiger partial charge on any atom is -0.444 e. The number of ether oxygens (including phenoxy) is 1. The Morgan fingerprint density at radius 3 is 2.41 bits per heavy atom. The molecule has 2 N–H and O–H groups in total. The van der Waals surface area contributed by atoms with Crippen LogP contribution in [0.15, 0.2) is 0 Å². The summed E-state index contributed by atoms with van der Waals surface area (Å²) in [6.45, 7) is 7.43. The number of alkyl carbamates (subject to hydrolysis) is 1. The highest BCUT2D eigenvalue weighted by molar-refractivity contribution is 5.67. The molecular formula is C12H22N2O3. The summed E-state index contributed by atoms with van der Waals surface area (Å²) in [7, 11) is 0. The van der Waals surface area contributed by atoms with E-state index in [1.165, 1.54) is 0 Å². The predicted octanol–water partition coefficient (Wildman–Crippen LogP) is 1.96. The standard InChI is InChI=1S/C12H22N2O3/c1-5-6-12(16,9-13)7-8-14-10(15)17-11(2,3)4/h16H,5-8H2,1-4H3,(H,14,15). The minimum absolute atomic E-state index is 0.205. The second-order valence-electron chi connectivity index (χ2n) is 5.07. The molecule has 0 heterocycles. The maximum absolute atomic E-state index is 11.3. The Morgan fingerprint density at radius 1 is 1.41 bits per heavy atom. The van der Waals surface area contributed by atoms with Gasteiger partial charge in [-0.2, -0.15) is 5.26 Å². The van der Waals surface area contributed by atoms with E-state index >= 15 is 0 Å². The summed E-state index contributed by atoms with van der Waals surface area (Å²) < 4.78 is 5.03. The van der Waals surface area contributed by atoms with Gasteiger partial charge in [0.2, 0.25) is 0 Å². The summed E-state index contributed by atoms with van der Waals surface area (Å²) in [5.74, 6) is 0. The number of hydrogen-bond donors (Lipinski definition) is 2. The van der Waals surface area contributed by atoms with Crippen LogP contribution in [0.1, 0.15) is 47.0 Å². The first-order valence-corrected chi connectivity index (χ1v) is 5.83. The third-order valence-electron chi connectivity index (χ3n) is 2.08. The highest BCUT2D eigenvalue weighted by Crippen LogP contribution is 2.15. The molecule has 0 aromatic heterocycles. The lowest BCUT2D eigenvalue weighted by molar-refractivity contribution is 0.0487. The van der Waals surface area contributed by atoms with E-state index in [-0.39, 0.29) is 13.0 Å². The molecule has 5 heteroatoms. The van der Waals surface area contributed by atoms with Crippen LogP contribution in [0.5, 0.6) is 0 Å². The molecule has 1 atom stereocenters. The van der Waals surface area contributed by atoms with Gasteiger partial charge in [0.05, 0.1) is 6.07 Å². The van der Waals surface area contributed by atoms with Crippen LogP contribution in [-0.2, 0) is 4.74 Å². The van der Waals surface area contributed by atoms with E-state index in [4.69, 9.17) is 10.00 Å². The fourth-order valence-electron chi connectivity index (χ4n) is 1.34. The van der Waals surface area contributed by atoms with Gasteiger partial charge in [0.1, 0.15) is 5.60 Å². The molecule has 0 bridgehead atoms. The van der Waals surface area contributed by atoms with Crippen molar-refractivity contribution in [3.05, 3.63) is 0 Å². The molecule has 0 saturated heterocycles. The third kappa shape index (κ3) is 7.58. The molecule has 0 saturated carbocycles. The van der Waals surface area contributed by atoms with Crippen molar-refractivity contribution in [3.63, 3.8) is 0 Å². The number of carbonyl (C=O) groups excluding carboxylic acids is 1. The van der Waals surface area contributed by atoms with E-state index < -0.39 is 17.3 Å². The minimum atomic E-state index is -1.36. The second-order valence-corrected chi connectivity index (χ2v) is 5.07. The van der Waals surface area contributed by atoms with Gasteiger partial charge >= 0.3 is 6.09 Å². The van der Waals surface area contributed by atoms with Crippen LogP contribution in [0.4, 0.5) is 4.79 Å². The zero-order valence-electron chi connectivity index (χ0n) is 11.0. The van der Waals surface area contributed by atoms with Gasteiger partial charge in [0.25, 0.3) is 0 Å². The lowest BCUT2D eigenvalue weighted by atomic mass is 9.96. The molecule has 17 heavy (non-hydrogen) atoms. The van der Waals surface area contributed by atoms with Crippen molar-refractivity contribution in [2.75, 3.05) is 6.54 Å². The predicted molar refractivity (Wildman–Crippen MR) is 64.3 cm³/mol. The molecule has 1 unspecified atom stereocenters. The van der Waals surface area contributed by atoms with Crippen molar-refractivity contribution in [2.45, 2.75) is 58.2 Å². The van der Waals surface area contributed by atoms with Crippen molar-refractivity contribution in [2.24, 2.45) is 0 Å². The smallest absolute Gasteiger partial charge is 0.407 e. The van der Waals surface area contributed by atoms with Gasteiger partial charge in [-0.05, 0) is 27.2 Å². The summed E-state index contributed by atoms with van der Waals surface area (Å²) in [5.41, 5.74) is -1.90. The maximum atomic E-state index is 11.3. The molecule has 0 fully saturated rings. The molecule has 0 radical (unpaired) electrons. The normalized spacial score (nSPS) is 14.6. The Hall–Kier alpha value is -1.28. The zero-order valence-corrected chi connectivity index (χ0v) is 11.0. The Morgan fingerprint density at radius 2 is 2.00 bits per heavy atom. The lowest BCUT2D eigenvalue weighted by Gasteiger charge is -2.22. The monoisotopic (exact) mass is 242 g/mol. The summed E-state index contributed by atoms with van der Waals surface area (Å²) in [6, 6.07) is 1.86. The molecule has 0 rings (SSSR count). The molecular weight excluding hydrogens is 220 g/mol. The van der Waals surface area contributed by atoms with Crippen LogP contribution in [-0.4, -0.2) is 28.9 Å². The van der Waals surface area contributed by atoms with Gasteiger partial charge < -0.3 is 15.2 Å². The molecule has 0 aliphatic heterocycles. The quantitative estimate of drug-likeness (QED) is 0.722. The van der Waals surface area contributed by atoms with Crippen LogP contribution in [0.25, 0.3) is 0 Å². The molecule has 98 valence electrons. The average Bonchev–Trinajstić information content (AvgIpc) is 2.15. The number of nitriles is 1. The maximum Gasteiger partial charge on any atom is 0.407 e. The van der Waals surface area contributed by atoms with Crippen molar-refractivity contribution >= 4 is 6.09 Å². The zero-order chi connectivity index (χ0) is 13.5. The Bertz CT molecular complexity index is 291. The Kier molecular flexibility index (Phi) is 5.97. The van der Waals surface area contributed by atoms with Crippen LogP contribution in [0.3, 0.4) is 0 Å². The van der Waals surface area contributed by atoms with E-state index in [2.05, 4.69) is 5.32 Å². The molecule has 5 nitrogen and oxygen atoms in total. The van der Waals surface area contributed by atoms with Gasteiger partial charge in [0.15, 0.2) is 5.60 Å². The number of nitrogens with one attached hydrogen (secondary N) is 1. The highest BCUT2D eigenvalue weighted by Gasteiger charge is 2.25. The SMILES string of the molecule is CCCC(O)(C#N)CCNC(=O)OC(C)(C)C. The third-order valence-corrected chi connectivity index (χ3v) is 2.08. The number of carbonyl (C=O) groups is 1. The lowest BCUT2D eigenvalue weighted by Crippen LogP contribution is -2.37. The number of nitrogens with zero attached hydrogens (tertiary/aromatic N) is 1. The molecule has 1 amide bonds. The number of aliphatic hydroxyl groups is 1. The largest absolute Gasteiger partial charge is 0.444 e. The summed E-state index contributed by atoms with van der Waals surface area (Å²) in [4.78, 5) is 11.3. The van der Waals surface area contributed by atoms with E-state index in [0.29, 0.717) is 6.42 Å². The van der Waals surface area contributed by atoms with E-state index in [9.17, 15) is 9.90 Å². The van der Waals surface area contributed by atoms with Crippen molar-refractivity contribution in [3.8, 4) is 6.07 Å². The topological polar surface area (TPSA) is 82.4 Å². The molecule has 0 aromatic carbocycles. The summed E-state index contributed by atoms with van der Waals surface area (Å²) in [6.07, 6.45) is 0.793. The van der Waals surface area contributed by atoms with Crippen LogP contribution in [0.2, 0.25) is 0 Å². The van der Waals surface area contributed by atoms with Crippen LogP contribution >= 0.6 is 0 Å². The Labute approximate surface area is 103 Å². The van der Waals surface area contributed by atoms with Crippen molar-refractivity contribution in [1.82, 2.24) is 5.32 Å². The van der Waals surface area contributed by atoms with Crippen LogP contribution in [0, 0.1) is 11.3 Å². The molecule has 0 spiro atoms. The van der Waals surface area contributed by atoms with E-state index in [0.717, 1.165) is 6.42 Å². The fourth-order valence-corrected chi connectivity index (χ4v) is 1.34. The average molecular weight is 242 g/mol. The van der Waals surface area contributed by atoms with Gasteiger partial charge in [-0.3, -0.25) is 0 Å². The van der Waals surface area contributed by atoms with Gasteiger partial charge in [-0.15, -0.1) is 0 Å². The van der Waals surface area contributed by atoms with Gasteiger partial charge in [-0.25, -0.2) is 4.79 Å². The molecule has 0 aromatic rings. The first-order valence-electron chi connectivity index (χ1n) is 5.83. The molecule has 0 aliphatic carbocycles. The van der Waals surface area contributed by atoms with Crippen LogP contribution < -0.4 is 5.32 Å². The van der Waals surface area contributed by atoms with E-state index in [1.54, 1.807) is 20.8 Å². The molecule has 0 aliphatic rings. The van der Waals surface area contributed by atoms with Gasteiger partial charge in [0, 0.05) is 13.0 Å². The highest BCUT2D eigenvalue weighted by atomic mass is 16.6. The Balaban J connectivity index is 3.99. The van der Waals surface area contributed by atoms with E-state index in [1.807, 2.05) is 13.0 Å². The second kappa shape index (κ2) is 6.45. The van der Waals surface area contributed by atoms with Crippen molar-refractivity contribution < 1.29 is 14.6 Å². The fraction of sp³-hybridized carbons (Fsp3) is 0.833. The number of amides is 1. The first-order chi connectivity index (χ1) is 7.72. The summed E-state index contributed by atoms with van der Waals surface area (Å²) >= 11 is 0. The number of rotatable bonds is 5. The summed E-state index contributed by atoms with van der Waals surface area (Å²) in [5, 5.41) is 21.2.